The maximum atomic E-state index is 12.5. The second-order valence-electron chi connectivity index (χ2n) is 6.95. The Morgan fingerprint density at radius 1 is 1.43 bits per heavy atom. The highest BCUT2D eigenvalue weighted by Crippen LogP contribution is 2.29. The summed E-state index contributed by atoms with van der Waals surface area (Å²) in [5.41, 5.74) is 0.499. The summed E-state index contributed by atoms with van der Waals surface area (Å²) in [4.78, 5) is 29.0. The Morgan fingerprint density at radius 2 is 2.13 bits per heavy atom. The number of carboxylic acids is 1. The highest BCUT2D eigenvalue weighted by atomic mass is 32.1. The van der Waals surface area contributed by atoms with Crippen molar-refractivity contribution in [1.29, 1.82) is 0 Å². The van der Waals surface area contributed by atoms with E-state index in [0.717, 1.165) is 17.8 Å². The van der Waals surface area contributed by atoms with Crippen LogP contribution in [-0.4, -0.2) is 41.2 Å². The molecule has 0 radical (unpaired) electrons. The quantitative estimate of drug-likeness (QED) is 0.878. The number of aryl methyl sites for hydroxylation is 1. The average molecular weight is 340 g/mol. The monoisotopic (exact) mass is 340 g/mol. The first-order chi connectivity index (χ1) is 10.7. The van der Waals surface area contributed by atoms with Crippen LogP contribution in [0.5, 0.6) is 0 Å². The Bertz CT molecular complexity index is 585. The minimum Gasteiger partial charge on any atom is -0.480 e. The maximum absolute atomic E-state index is 12.5. The molecule has 1 fully saturated rings. The van der Waals surface area contributed by atoms with Gasteiger partial charge in [0.15, 0.2) is 0 Å². The van der Waals surface area contributed by atoms with Gasteiger partial charge in [0.2, 0.25) is 0 Å². The Kier molecular flexibility index (Phi) is 5.41. The number of aliphatic carboxylic acids is 1. The van der Waals surface area contributed by atoms with Crippen molar-refractivity contribution in [3.8, 4) is 0 Å². The molecular weight excluding hydrogens is 316 g/mol. The van der Waals surface area contributed by atoms with Gasteiger partial charge >= 0.3 is 5.97 Å². The molecule has 6 nitrogen and oxygen atoms in total. The van der Waals surface area contributed by atoms with Crippen molar-refractivity contribution in [1.82, 2.24) is 10.3 Å². The van der Waals surface area contributed by atoms with Gasteiger partial charge in [-0.2, -0.15) is 0 Å². The van der Waals surface area contributed by atoms with Gasteiger partial charge in [-0.15, -0.1) is 11.3 Å². The van der Waals surface area contributed by atoms with Crippen LogP contribution in [0.25, 0.3) is 0 Å². The summed E-state index contributed by atoms with van der Waals surface area (Å²) in [6.07, 6.45) is 1.56. The number of rotatable bonds is 4. The predicted molar refractivity (Wildman–Crippen MR) is 88.0 cm³/mol. The number of carboxylic acid groups (broad SMARTS) is 1. The second kappa shape index (κ2) is 6.97. The number of ether oxygens (including phenoxy) is 1. The van der Waals surface area contributed by atoms with Gasteiger partial charge in [0, 0.05) is 17.9 Å². The van der Waals surface area contributed by atoms with Crippen LogP contribution in [-0.2, 0) is 14.9 Å². The third-order valence-corrected chi connectivity index (χ3v) is 5.45. The number of amides is 1. The molecule has 1 saturated heterocycles. The molecule has 2 N–H and O–H groups in total. The van der Waals surface area contributed by atoms with Crippen LogP contribution in [0.3, 0.4) is 0 Å². The SMILES string of the molecule is Cc1nc(C(C)(C)C)sc1C(=O)NC(C(=O)O)C1CCCOC1. The van der Waals surface area contributed by atoms with E-state index in [4.69, 9.17) is 4.74 Å². The number of carbonyl (C=O) groups excluding carboxylic acids is 1. The third-order valence-electron chi connectivity index (χ3n) is 3.86. The summed E-state index contributed by atoms with van der Waals surface area (Å²) in [5.74, 6) is -1.58. The summed E-state index contributed by atoms with van der Waals surface area (Å²) < 4.78 is 5.35. The van der Waals surface area contributed by atoms with Crippen LogP contribution in [0.4, 0.5) is 0 Å². The molecule has 0 bridgehead atoms. The van der Waals surface area contributed by atoms with Crippen molar-refractivity contribution in [2.24, 2.45) is 5.92 Å². The zero-order valence-electron chi connectivity index (χ0n) is 14.0. The van der Waals surface area contributed by atoms with E-state index in [-0.39, 0.29) is 17.2 Å². The smallest absolute Gasteiger partial charge is 0.326 e. The molecule has 1 aromatic heterocycles. The molecule has 1 aliphatic rings. The molecule has 23 heavy (non-hydrogen) atoms. The highest BCUT2D eigenvalue weighted by Gasteiger charge is 2.33. The molecule has 7 heteroatoms. The number of hydrogen-bond donors (Lipinski definition) is 2. The van der Waals surface area contributed by atoms with E-state index < -0.39 is 12.0 Å². The molecule has 1 aromatic rings. The van der Waals surface area contributed by atoms with Crippen molar-refractivity contribution in [2.75, 3.05) is 13.2 Å². The van der Waals surface area contributed by atoms with Gasteiger partial charge in [0.1, 0.15) is 10.9 Å². The van der Waals surface area contributed by atoms with Gasteiger partial charge in [0.25, 0.3) is 5.91 Å². The largest absolute Gasteiger partial charge is 0.480 e. The zero-order valence-corrected chi connectivity index (χ0v) is 14.8. The van der Waals surface area contributed by atoms with Crippen LogP contribution in [0.2, 0.25) is 0 Å². The molecular formula is C16H24N2O4S. The molecule has 2 atom stereocenters. The third kappa shape index (κ3) is 4.29. The number of thiazole rings is 1. The average Bonchev–Trinajstić information content (AvgIpc) is 2.87. The Morgan fingerprint density at radius 3 is 2.61 bits per heavy atom. The van der Waals surface area contributed by atoms with Crippen LogP contribution in [0, 0.1) is 12.8 Å². The van der Waals surface area contributed by atoms with Gasteiger partial charge in [-0.25, -0.2) is 9.78 Å². The van der Waals surface area contributed by atoms with E-state index >= 15 is 0 Å². The first-order valence-electron chi connectivity index (χ1n) is 7.79. The van der Waals surface area contributed by atoms with Gasteiger partial charge in [0.05, 0.1) is 17.3 Å². The lowest BCUT2D eigenvalue weighted by Crippen LogP contribution is -2.48. The fraction of sp³-hybridized carbons (Fsp3) is 0.688. The van der Waals surface area contributed by atoms with Crippen LogP contribution < -0.4 is 5.32 Å². The van der Waals surface area contributed by atoms with E-state index in [1.165, 1.54) is 11.3 Å². The first kappa shape index (κ1) is 17.9. The Hall–Kier alpha value is -1.47. The van der Waals surface area contributed by atoms with Crippen molar-refractivity contribution < 1.29 is 19.4 Å². The minimum atomic E-state index is -1.02. The maximum Gasteiger partial charge on any atom is 0.326 e. The summed E-state index contributed by atoms with van der Waals surface area (Å²) in [5, 5.41) is 13.0. The summed E-state index contributed by atoms with van der Waals surface area (Å²) in [6.45, 7) is 8.90. The van der Waals surface area contributed by atoms with E-state index in [2.05, 4.69) is 10.3 Å². The number of carbonyl (C=O) groups is 2. The van der Waals surface area contributed by atoms with E-state index in [9.17, 15) is 14.7 Å². The van der Waals surface area contributed by atoms with Crippen molar-refractivity contribution in [2.45, 2.75) is 52.0 Å². The second-order valence-corrected chi connectivity index (χ2v) is 7.95. The fourth-order valence-electron chi connectivity index (χ4n) is 2.54. The number of nitrogens with one attached hydrogen (secondary N) is 1. The number of hydrogen-bond acceptors (Lipinski definition) is 5. The molecule has 2 unspecified atom stereocenters. The molecule has 128 valence electrons. The van der Waals surface area contributed by atoms with Gasteiger partial charge < -0.3 is 15.2 Å². The number of nitrogens with zero attached hydrogens (tertiary/aromatic N) is 1. The molecule has 0 aromatic carbocycles. The van der Waals surface area contributed by atoms with Crippen molar-refractivity contribution in [3.05, 3.63) is 15.6 Å². The zero-order chi connectivity index (χ0) is 17.2. The van der Waals surface area contributed by atoms with Gasteiger partial charge in [-0.1, -0.05) is 20.8 Å². The molecule has 2 rings (SSSR count). The fourth-order valence-corrected chi connectivity index (χ4v) is 3.57. The predicted octanol–water partition coefficient (Wildman–Crippen LogP) is 2.36. The van der Waals surface area contributed by atoms with Crippen molar-refractivity contribution >= 4 is 23.2 Å². The standard InChI is InChI=1S/C16H24N2O4S/c1-9-12(23-15(17-9)16(2,3)4)13(19)18-11(14(20)21)10-6-5-7-22-8-10/h10-11H,5-8H2,1-4H3,(H,18,19)(H,20,21). The highest BCUT2D eigenvalue weighted by molar-refractivity contribution is 7.14. The van der Waals surface area contributed by atoms with Gasteiger partial charge in [-0.05, 0) is 19.8 Å². The van der Waals surface area contributed by atoms with Crippen LogP contribution >= 0.6 is 11.3 Å². The molecule has 2 heterocycles. The first-order valence-corrected chi connectivity index (χ1v) is 8.61. The lowest BCUT2D eigenvalue weighted by atomic mass is 9.93. The molecule has 0 aliphatic carbocycles. The topological polar surface area (TPSA) is 88.5 Å². The molecule has 1 amide bonds. The lowest BCUT2D eigenvalue weighted by molar-refractivity contribution is -0.142. The summed E-state index contributed by atoms with van der Waals surface area (Å²) in [7, 11) is 0. The van der Waals surface area contributed by atoms with E-state index in [0.29, 0.717) is 23.8 Å². The molecule has 1 aliphatic heterocycles. The summed E-state index contributed by atoms with van der Waals surface area (Å²) >= 11 is 1.33. The van der Waals surface area contributed by atoms with Crippen LogP contribution in [0.1, 0.15) is 54.0 Å². The molecule has 0 saturated carbocycles. The Labute approximate surface area is 140 Å². The van der Waals surface area contributed by atoms with E-state index in [1.807, 2.05) is 20.8 Å². The summed E-state index contributed by atoms with van der Waals surface area (Å²) in [6, 6.07) is -0.928. The van der Waals surface area contributed by atoms with E-state index in [1.54, 1.807) is 6.92 Å². The Balaban J connectivity index is 2.15. The molecule has 0 spiro atoms. The normalized spacial score (nSPS) is 20.1. The lowest BCUT2D eigenvalue weighted by Gasteiger charge is -2.27. The van der Waals surface area contributed by atoms with Crippen molar-refractivity contribution in [3.63, 3.8) is 0 Å². The number of aromatic nitrogens is 1. The van der Waals surface area contributed by atoms with Crippen LogP contribution in [0.15, 0.2) is 0 Å². The minimum absolute atomic E-state index is 0.142. The van der Waals surface area contributed by atoms with Gasteiger partial charge in [-0.3, -0.25) is 4.79 Å².